The maximum absolute atomic E-state index is 13.2. The van der Waals surface area contributed by atoms with E-state index in [4.69, 9.17) is 0 Å². The fourth-order valence-corrected chi connectivity index (χ4v) is 4.86. The molecule has 30 heavy (non-hydrogen) atoms. The van der Waals surface area contributed by atoms with Crippen molar-refractivity contribution in [3.05, 3.63) is 12.2 Å². The molecule has 0 aromatic carbocycles. The van der Waals surface area contributed by atoms with Gasteiger partial charge in [0.15, 0.2) is 0 Å². The van der Waals surface area contributed by atoms with Crippen LogP contribution in [0.15, 0.2) is 12.2 Å². The number of carbonyl (C=O) groups excluding carboxylic acids is 2. The number of unbranched alkanes of at least 4 members (excludes halogenated alkanes) is 5. The fourth-order valence-electron chi connectivity index (χ4n) is 4.86. The Morgan fingerprint density at radius 1 is 1.03 bits per heavy atom. The summed E-state index contributed by atoms with van der Waals surface area (Å²) in [6.07, 6.45) is 15.5. The Kier molecular flexibility index (Phi) is 10.4. The molecule has 0 radical (unpaired) electrons. The average molecular weight is 420 g/mol. The molecular formula is C25H45N3O2. The second-order valence-corrected chi connectivity index (χ2v) is 9.65. The molecule has 0 saturated carbocycles. The minimum absolute atomic E-state index is 0.0727. The Balaban J connectivity index is 1.87. The zero-order valence-corrected chi connectivity index (χ0v) is 19.9. The highest BCUT2D eigenvalue weighted by Crippen LogP contribution is 2.34. The molecule has 1 N–H and O–H groups in total. The van der Waals surface area contributed by atoms with Crippen LogP contribution in [0.4, 0.5) is 0 Å². The summed E-state index contributed by atoms with van der Waals surface area (Å²) in [4.78, 5) is 30.7. The maximum Gasteiger partial charge on any atom is 0.246 e. The van der Waals surface area contributed by atoms with E-state index in [2.05, 4.69) is 50.1 Å². The van der Waals surface area contributed by atoms with Crippen molar-refractivity contribution in [3.8, 4) is 0 Å². The lowest BCUT2D eigenvalue weighted by Crippen LogP contribution is -2.73. The van der Waals surface area contributed by atoms with Crippen molar-refractivity contribution in [2.45, 2.75) is 103 Å². The molecular weight excluding hydrogens is 374 g/mol. The van der Waals surface area contributed by atoms with Crippen LogP contribution >= 0.6 is 0 Å². The van der Waals surface area contributed by atoms with Crippen LogP contribution in [0, 0.1) is 5.92 Å². The first kappa shape index (κ1) is 24.9. The third-order valence-electron chi connectivity index (χ3n) is 6.65. The van der Waals surface area contributed by atoms with Crippen LogP contribution in [0.25, 0.3) is 0 Å². The van der Waals surface area contributed by atoms with E-state index in [0.29, 0.717) is 12.5 Å². The molecule has 2 aliphatic rings. The van der Waals surface area contributed by atoms with Crippen LogP contribution < -0.4 is 5.32 Å². The molecule has 1 unspecified atom stereocenters. The third-order valence-corrected chi connectivity index (χ3v) is 6.65. The SMILES string of the molecule is CCCCCCC/C=C/CN1CCC2(CC1)C(=O)NC(CC(C)C)C(=O)N2CCC. The summed E-state index contributed by atoms with van der Waals surface area (Å²) in [5.41, 5.74) is -0.639. The van der Waals surface area contributed by atoms with Crippen LogP contribution in [-0.2, 0) is 9.59 Å². The predicted octanol–water partition coefficient (Wildman–Crippen LogP) is 4.52. The van der Waals surface area contributed by atoms with Crippen molar-refractivity contribution in [1.82, 2.24) is 15.1 Å². The zero-order valence-electron chi connectivity index (χ0n) is 19.9. The summed E-state index contributed by atoms with van der Waals surface area (Å²) in [7, 11) is 0. The maximum atomic E-state index is 13.2. The molecule has 2 saturated heterocycles. The predicted molar refractivity (Wildman–Crippen MR) is 124 cm³/mol. The number of piperazine rings is 1. The summed E-state index contributed by atoms with van der Waals surface area (Å²) in [5, 5.41) is 3.08. The average Bonchev–Trinajstić information content (AvgIpc) is 2.72. The highest BCUT2D eigenvalue weighted by atomic mass is 16.2. The van der Waals surface area contributed by atoms with Gasteiger partial charge in [-0.15, -0.1) is 0 Å². The Labute approximate surface area is 184 Å². The Bertz CT molecular complexity index is 565. The summed E-state index contributed by atoms with van der Waals surface area (Å²) in [6, 6.07) is -0.354. The van der Waals surface area contributed by atoms with Crippen LogP contribution in [-0.4, -0.2) is 59.4 Å². The Morgan fingerprint density at radius 2 is 1.73 bits per heavy atom. The summed E-state index contributed by atoms with van der Waals surface area (Å²) in [5.74, 6) is 0.585. The number of allylic oxidation sites excluding steroid dienone is 1. The van der Waals surface area contributed by atoms with Crippen molar-refractivity contribution in [3.63, 3.8) is 0 Å². The first-order chi connectivity index (χ1) is 14.4. The molecule has 2 aliphatic heterocycles. The number of nitrogens with zero attached hydrogens (tertiary/aromatic N) is 2. The lowest BCUT2D eigenvalue weighted by molar-refractivity contribution is -0.161. The van der Waals surface area contributed by atoms with E-state index in [1.807, 2.05) is 4.90 Å². The monoisotopic (exact) mass is 419 g/mol. The number of likely N-dealkylation sites (tertiary alicyclic amines) is 1. The van der Waals surface area contributed by atoms with Crippen LogP contribution in [0.3, 0.4) is 0 Å². The first-order valence-corrected chi connectivity index (χ1v) is 12.4. The van der Waals surface area contributed by atoms with Crippen molar-refractivity contribution in [2.75, 3.05) is 26.2 Å². The molecule has 0 aromatic rings. The number of hydrogen-bond acceptors (Lipinski definition) is 3. The van der Waals surface area contributed by atoms with Crippen molar-refractivity contribution in [1.29, 1.82) is 0 Å². The second-order valence-electron chi connectivity index (χ2n) is 9.65. The number of rotatable bonds is 12. The highest BCUT2D eigenvalue weighted by molar-refractivity contribution is 6.00. The van der Waals surface area contributed by atoms with Gasteiger partial charge in [-0.3, -0.25) is 14.5 Å². The van der Waals surface area contributed by atoms with Crippen molar-refractivity contribution >= 4 is 11.8 Å². The topological polar surface area (TPSA) is 52.7 Å². The van der Waals surface area contributed by atoms with E-state index in [0.717, 1.165) is 45.3 Å². The Morgan fingerprint density at radius 3 is 2.37 bits per heavy atom. The second kappa shape index (κ2) is 12.5. The van der Waals surface area contributed by atoms with Gasteiger partial charge in [0.2, 0.25) is 11.8 Å². The van der Waals surface area contributed by atoms with Gasteiger partial charge in [-0.05, 0) is 44.4 Å². The summed E-state index contributed by atoms with van der Waals surface area (Å²) >= 11 is 0. The van der Waals surface area contributed by atoms with Gasteiger partial charge in [0, 0.05) is 26.2 Å². The quantitative estimate of drug-likeness (QED) is 0.374. The van der Waals surface area contributed by atoms with Gasteiger partial charge in [0.05, 0.1) is 0 Å². The lowest BCUT2D eigenvalue weighted by Gasteiger charge is -2.51. The van der Waals surface area contributed by atoms with Gasteiger partial charge >= 0.3 is 0 Å². The third kappa shape index (κ3) is 6.57. The molecule has 1 atom stereocenters. The van der Waals surface area contributed by atoms with Gasteiger partial charge in [0.25, 0.3) is 0 Å². The molecule has 0 aliphatic carbocycles. The van der Waals surface area contributed by atoms with E-state index in [1.165, 1.54) is 38.5 Å². The molecule has 5 heteroatoms. The minimum atomic E-state index is -0.639. The molecule has 0 bridgehead atoms. The molecule has 2 heterocycles. The molecule has 2 amide bonds. The highest BCUT2D eigenvalue weighted by Gasteiger charge is 2.53. The molecule has 1 spiro atoms. The van der Waals surface area contributed by atoms with Gasteiger partial charge in [-0.25, -0.2) is 0 Å². The number of carbonyl (C=O) groups is 2. The fraction of sp³-hybridized carbons (Fsp3) is 0.840. The summed E-state index contributed by atoms with van der Waals surface area (Å²) in [6.45, 7) is 11.9. The minimum Gasteiger partial charge on any atom is -0.342 e. The number of hydrogen-bond donors (Lipinski definition) is 1. The van der Waals surface area contributed by atoms with Gasteiger partial charge in [-0.2, -0.15) is 0 Å². The molecule has 5 nitrogen and oxygen atoms in total. The number of nitrogens with one attached hydrogen (secondary N) is 1. The molecule has 2 fully saturated rings. The summed E-state index contributed by atoms with van der Waals surface area (Å²) < 4.78 is 0. The van der Waals surface area contributed by atoms with E-state index < -0.39 is 5.54 Å². The van der Waals surface area contributed by atoms with E-state index in [9.17, 15) is 9.59 Å². The first-order valence-electron chi connectivity index (χ1n) is 12.4. The number of piperidine rings is 1. The Hall–Kier alpha value is -1.36. The standard InChI is InChI=1S/C25H45N3O2/c1-5-7-8-9-10-11-12-13-17-27-18-14-25(15-19-27)24(30)26-22(20-21(3)4)23(29)28(25)16-6-2/h12-13,21-22H,5-11,14-20H2,1-4H3,(H,26,30)/b13-12+. The van der Waals surface area contributed by atoms with Crippen molar-refractivity contribution < 1.29 is 9.59 Å². The molecule has 172 valence electrons. The largest absolute Gasteiger partial charge is 0.342 e. The lowest BCUT2D eigenvalue weighted by atomic mass is 9.81. The van der Waals surface area contributed by atoms with Gasteiger partial charge < -0.3 is 10.2 Å². The van der Waals surface area contributed by atoms with E-state index in [1.54, 1.807) is 0 Å². The van der Waals surface area contributed by atoms with Gasteiger partial charge in [0.1, 0.15) is 11.6 Å². The van der Waals surface area contributed by atoms with Gasteiger partial charge in [-0.1, -0.05) is 65.5 Å². The van der Waals surface area contributed by atoms with Crippen LogP contribution in [0.1, 0.15) is 91.9 Å². The van der Waals surface area contributed by atoms with Crippen LogP contribution in [0.5, 0.6) is 0 Å². The normalized spacial score (nSPS) is 22.4. The van der Waals surface area contributed by atoms with E-state index >= 15 is 0 Å². The molecule has 0 aromatic heterocycles. The van der Waals surface area contributed by atoms with Crippen LogP contribution in [0.2, 0.25) is 0 Å². The smallest absolute Gasteiger partial charge is 0.246 e. The molecule has 2 rings (SSSR count). The van der Waals surface area contributed by atoms with Crippen molar-refractivity contribution in [2.24, 2.45) is 5.92 Å². The van der Waals surface area contributed by atoms with E-state index in [-0.39, 0.29) is 17.9 Å². The number of amides is 2. The zero-order chi connectivity index (χ0) is 22.0.